The highest BCUT2D eigenvalue weighted by atomic mass is 79.9. The minimum Gasteiger partial charge on any atom is -0.493 e. The second-order valence-corrected chi connectivity index (χ2v) is 7.79. The molecule has 0 aliphatic carbocycles. The van der Waals surface area contributed by atoms with Gasteiger partial charge in [-0.15, -0.1) is 0 Å². The predicted octanol–water partition coefficient (Wildman–Crippen LogP) is 2.50. The number of ether oxygens (including phenoxy) is 1. The van der Waals surface area contributed by atoms with E-state index in [-0.39, 0.29) is 5.92 Å². The second-order valence-electron chi connectivity index (χ2n) is 4.89. The van der Waals surface area contributed by atoms with Gasteiger partial charge in [0.15, 0.2) is 0 Å². The van der Waals surface area contributed by atoms with Crippen molar-refractivity contribution in [3.63, 3.8) is 0 Å². The average molecular weight is 348 g/mol. The van der Waals surface area contributed by atoms with Gasteiger partial charge in [0, 0.05) is 23.5 Å². The molecular weight excluding hydrogens is 330 g/mol. The highest BCUT2D eigenvalue weighted by molar-refractivity contribution is 9.10. The van der Waals surface area contributed by atoms with Crippen molar-refractivity contribution >= 4 is 26.0 Å². The van der Waals surface area contributed by atoms with Gasteiger partial charge in [0.05, 0.1) is 12.9 Å². The maximum Gasteiger partial charge on any atom is 0.211 e. The molecule has 1 aliphatic rings. The van der Waals surface area contributed by atoms with E-state index >= 15 is 0 Å². The van der Waals surface area contributed by atoms with Crippen molar-refractivity contribution in [2.24, 2.45) is 5.92 Å². The summed E-state index contributed by atoms with van der Waals surface area (Å²) >= 11 is 3.37. The molecule has 1 saturated heterocycles. The smallest absolute Gasteiger partial charge is 0.211 e. The van der Waals surface area contributed by atoms with E-state index in [0.29, 0.717) is 19.7 Å². The molecule has 1 aromatic rings. The number of sulfonamides is 1. The summed E-state index contributed by atoms with van der Waals surface area (Å²) in [7, 11) is -3.08. The molecule has 1 atom stereocenters. The van der Waals surface area contributed by atoms with Gasteiger partial charge < -0.3 is 4.74 Å². The number of hydrogen-bond donors (Lipinski definition) is 0. The Bertz CT molecular complexity index is 515. The lowest BCUT2D eigenvalue weighted by Crippen LogP contribution is -2.40. The van der Waals surface area contributed by atoms with Gasteiger partial charge in [0.25, 0.3) is 0 Å². The Labute approximate surface area is 122 Å². The Balaban J connectivity index is 1.87. The van der Waals surface area contributed by atoms with Gasteiger partial charge in [-0.25, -0.2) is 12.7 Å². The van der Waals surface area contributed by atoms with Crippen molar-refractivity contribution in [2.75, 3.05) is 26.0 Å². The van der Waals surface area contributed by atoms with Crippen LogP contribution in [-0.4, -0.2) is 38.7 Å². The SMILES string of the molecule is CS(=O)(=O)N1CCCC(COc2ccc(Br)cc2)C1. The lowest BCUT2D eigenvalue weighted by atomic mass is 10.0. The molecule has 0 N–H and O–H groups in total. The molecule has 6 heteroatoms. The summed E-state index contributed by atoms with van der Waals surface area (Å²) in [6.45, 7) is 1.76. The van der Waals surface area contributed by atoms with Gasteiger partial charge in [0.1, 0.15) is 5.75 Å². The highest BCUT2D eigenvalue weighted by Crippen LogP contribution is 2.21. The Morgan fingerprint density at radius 2 is 2.05 bits per heavy atom. The summed E-state index contributed by atoms with van der Waals surface area (Å²) < 4.78 is 31.3. The van der Waals surface area contributed by atoms with E-state index in [4.69, 9.17) is 4.74 Å². The summed E-state index contributed by atoms with van der Waals surface area (Å²) in [5, 5.41) is 0. The minimum atomic E-state index is -3.08. The maximum absolute atomic E-state index is 11.5. The molecule has 4 nitrogen and oxygen atoms in total. The third kappa shape index (κ3) is 4.47. The fourth-order valence-corrected chi connectivity index (χ4v) is 3.42. The molecule has 1 unspecified atom stereocenters. The number of hydrogen-bond acceptors (Lipinski definition) is 3. The normalized spacial score (nSPS) is 21.3. The van der Waals surface area contributed by atoms with Crippen LogP contribution >= 0.6 is 15.9 Å². The monoisotopic (exact) mass is 347 g/mol. The molecule has 1 heterocycles. The summed E-state index contributed by atoms with van der Waals surface area (Å²) in [5.74, 6) is 1.09. The first-order valence-electron chi connectivity index (χ1n) is 6.28. The standard InChI is InChI=1S/C13H18BrNO3S/c1-19(16,17)15-8-2-3-11(9-15)10-18-13-6-4-12(14)5-7-13/h4-7,11H,2-3,8-10H2,1H3. The quantitative estimate of drug-likeness (QED) is 0.840. The van der Waals surface area contributed by atoms with Crippen LogP contribution in [0.4, 0.5) is 0 Å². The van der Waals surface area contributed by atoms with Crippen LogP contribution in [0.5, 0.6) is 5.75 Å². The van der Waals surface area contributed by atoms with Gasteiger partial charge in [-0.3, -0.25) is 0 Å². The van der Waals surface area contributed by atoms with Gasteiger partial charge in [0.2, 0.25) is 10.0 Å². The zero-order valence-electron chi connectivity index (χ0n) is 10.9. The van der Waals surface area contributed by atoms with Crippen LogP contribution in [0.15, 0.2) is 28.7 Å². The molecule has 0 amide bonds. The first kappa shape index (κ1) is 14.8. The molecule has 1 aliphatic heterocycles. The van der Waals surface area contributed by atoms with Crippen molar-refractivity contribution in [3.8, 4) is 5.75 Å². The van der Waals surface area contributed by atoms with E-state index in [1.54, 1.807) is 4.31 Å². The molecule has 1 fully saturated rings. The average Bonchev–Trinajstić information content (AvgIpc) is 2.37. The first-order valence-corrected chi connectivity index (χ1v) is 8.93. The second kappa shape index (κ2) is 6.24. The lowest BCUT2D eigenvalue weighted by molar-refractivity contribution is 0.180. The Kier molecular flexibility index (Phi) is 4.86. The van der Waals surface area contributed by atoms with Crippen LogP contribution in [0.1, 0.15) is 12.8 Å². The molecule has 0 saturated carbocycles. The summed E-state index contributed by atoms with van der Waals surface area (Å²) in [4.78, 5) is 0. The molecule has 2 rings (SSSR count). The van der Waals surface area contributed by atoms with Crippen molar-refractivity contribution in [1.82, 2.24) is 4.31 Å². The largest absolute Gasteiger partial charge is 0.493 e. The van der Waals surface area contributed by atoms with E-state index in [0.717, 1.165) is 23.1 Å². The number of piperidine rings is 1. The maximum atomic E-state index is 11.5. The zero-order chi connectivity index (χ0) is 13.9. The van der Waals surface area contributed by atoms with Crippen LogP contribution in [0.3, 0.4) is 0 Å². The van der Waals surface area contributed by atoms with E-state index in [9.17, 15) is 8.42 Å². The Morgan fingerprint density at radius 1 is 1.37 bits per heavy atom. The molecule has 0 bridgehead atoms. The van der Waals surface area contributed by atoms with E-state index in [2.05, 4.69) is 15.9 Å². The summed E-state index contributed by atoms with van der Waals surface area (Å²) in [6, 6.07) is 7.67. The molecule has 1 aromatic carbocycles. The van der Waals surface area contributed by atoms with Crippen LogP contribution in [0, 0.1) is 5.92 Å². The Hall–Kier alpha value is -0.590. The lowest BCUT2D eigenvalue weighted by Gasteiger charge is -2.30. The van der Waals surface area contributed by atoms with Crippen LogP contribution < -0.4 is 4.74 Å². The number of nitrogens with zero attached hydrogens (tertiary/aromatic N) is 1. The molecule has 0 aromatic heterocycles. The fraction of sp³-hybridized carbons (Fsp3) is 0.538. The van der Waals surface area contributed by atoms with Crippen molar-refractivity contribution in [1.29, 1.82) is 0 Å². The predicted molar refractivity (Wildman–Crippen MR) is 78.8 cm³/mol. The van der Waals surface area contributed by atoms with Crippen LogP contribution in [-0.2, 0) is 10.0 Å². The first-order chi connectivity index (χ1) is 8.95. The number of halogens is 1. The molecule has 19 heavy (non-hydrogen) atoms. The molecule has 0 spiro atoms. The number of rotatable bonds is 4. The van der Waals surface area contributed by atoms with Gasteiger partial charge >= 0.3 is 0 Å². The summed E-state index contributed by atoms with van der Waals surface area (Å²) in [6.07, 6.45) is 3.19. The minimum absolute atomic E-state index is 0.270. The van der Waals surface area contributed by atoms with Crippen LogP contribution in [0.2, 0.25) is 0 Å². The third-order valence-electron chi connectivity index (χ3n) is 3.25. The zero-order valence-corrected chi connectivity index (χ0v) is 13.3. The molecule has 0 radical (unpaired) electrons. The van der Waals surface area contributed by atoms with E-state index < -0.39 is 10.0 Å². The van der Waals surface area contributed by atoms with Gasteiger partial charge in [-0.2, -0.15) is 0 Å². The molecule has 106 valence electrons. The molecular formula is C13H18BrNO3S. The van der Waals surface area contributed by atoms with Crippen molar-refractivity contribution in [2.45, 2.75) is 12.8 Å². The number of benzene rings is 1. The Morgan fingerprint density at radius 3 is 2.68 bits per heavy atom. The van der Waals surface area contributed by atoms with Crippen LogP contribution in [0.25, 0.3) is 0 Å². The van der Waals surface area contributed by atoms with E-state index in [1.165, 1.54) is 6.26 Å². The topological polar surface area (TPSA) is 46.6 Å². The van der Waals surface area contributed by atoms with Gasteiger partial charge in [-0.1, -0.05) is 15.9 Å². The fourth-order valence-electron chi connectivity index (χ4n) is 2.21. The van der Waals surface area contributed by atoms with Crippen molar-refractivity contribution in [3.05, 3.63) is 28.7 Å². The summed E-state index contributed by atoms with van der Waals surface area (Å²) in [5.41, 5.74) is 0. The third-order valence-corrected chi connectivity index (χ3v) is 5.05. The van der Waals surface area contributed by atoms with E-state index in [1.807, 2.05) is 24.3 Å². The van der Waals surface area contributed by atoms with Gasteiger partial charge in [-0.05, 0) is 37.1 Å². The van der Waals surface area contributed by atoms with Crippen molar-refractivity contribution < 1.29 is 13.2 Å². The highest BCUT2D eigenvalue weighted by Gasteiger charge is 2.26.